The molecule has 0 aliphatic carbocycles. The van der Waals surface area contributed by atoms with Gasteiger partial charge in [-0.3, -0.25) is 0 Å². The standard InChI is InChI=1S/C4H13NSi2.C3H11NSi2/c1-6(2)5-7(3)4;1-5-4-6(2)3/h6H,1-4H3;5H2,1-3H3. The minimum atomic E-state index is -0.558. The van der Waals surface area contributed by atoms with Gasteiger partial charge in [-0.1, -0.05) is 19.6 Å². The minimum absolute atomic E-state index is 0.0368. The Bertz CT molecular complexity index is 169. The van der Waals surface area contributed by atoms with E-state index in [1.54, 1.807) is 0 Å². The van der Waals surface area contributed by atoms with Crippen molar-refractivity contribution in [3.8, 4) is 0 Å². The first kappa shape index (κ1) is 15.9. The van der Waals surface area contributed by atoms with Crippen LogP contribution in [0.4, 0.5) is 0 Å². The Balaban J connectivity index is 0. The average molecular weight is 249 g/mol. The van der Waals surface area contributed by atoms with Crippen molar-refractivity contribution in [2.24, 2.45) is 8.60 Å². The fourth-order valence-corrected chi connectivity index (χ4v) is 7.49. The first-order valence-corrected chi connectivity index (χ1v) is 14.7. The fourth-order valence-electron chi connectivity index (χ4n) is 0.833. The highest BCUT2D eigenvalue weighted by Crippen LogP contribution is 1.81. The van der Waals surface area contributed by atoms with Crippen LogP contribution in [0.1, 0.15) is 0 Å². The van der Waals surface area contributed by atoms with Crippen LogP contribution in [-0.2, 0) is 0 Å². The normalized spacial score (nSPS) is 9.54. The minimum Gasteiger partial charge on any atom is -0.375 e. The van der Waals surface area contributed by atoms with Crippen LogP contribution in [0.3, 0.4) is 0 Å². The van der Waals surface area contributed by atoms with E-state index in [1.807, 2.05) is 0 Å². The van der Waals surface area contributed by atoms with E-state index in [1.165, 1.54) is 0 Å². The van der Waals surface area contributed by atoms with Crippen molar-refractivity contribution in [1.29, 1.82) is 0 Å². The lowest BCUT2D eigenvalue weighted by molar-refractivity contribution is 1.70. The van der Waals surface area contributed by atoms with Crippen LogP contribution in [0.2, 0.25) is 45.8 Å². The Kier molecular flexibility index (Phi) is 12.9. The van der Waals surface area contributed by atoms with E-state index in [9.17, 15) is 0 Å². The number of nitrogens with zero attached hydrogens (tertiary/aromatic N) is 2. The van der Waals surface area contributed by atoms with Crippen molar-refractivity contribution in [3.05, 3.63) is 0 Å². The second-order valence-electron chi connectivity index (χ2n) is 3.59. The zero-order valence-corrected chi connectivity index (χ0v) is 14.7. The lowest BCUT2D eigenvalue weighted by Gasteiger charge is -1.91. The molecule has 0 saturated carbocycles. The Morgan fingerprint density at radius 1 is 1.00 bits per heavy atom. The largest absolute Gasteiger partial charge is 0.375 e. The summed E-state index contributed by atoms with van der Waals surface area (Å²) in [6.07, 6.45) is 0. The lowest BCUT2D eigenvalue weighted by Crippen LogP contribution is -1.98. The van der Waals surface area contributed by atoms with Crippen molar-refractivity contribution >= 4 is 35.8 Å². The van der Waals surface area contributed by atoms with Crippen molar-refractivity contribution in [1.82, 2.24) is 0 Å². The molecule has 0 spiro atoms. The third-order valence-electron chi connectivity index (χ3n) is 0.991. The molecule has 0 aliphatic heterocycles. The van der Waals surface area contributed by atoms with Crippen molar-refractivity contribution in [2.45, 2.75) is 45.8 Å². The summed E-state index contributed by atoms with van der Waals surface area (Å²) in [4.78, 5) is 0. The molecule has 0 aromatic rings. The van der Waals surface area contributed by atoms with Crippen LogP contribution >= 0.6 is 0 Å². The molecule has 0 aliphatic rings. The summed E-state index contributed by atoms with van der Waals surface area (Å²) in [7, 11) is -0.968. The number of hydrogen-bond acceptors (Lipinski definition) is 2. The van der Waals surface area contributed by atoms with E-state index in [-0.39, 0.29) is 26.9 Å². The van der Waals surface area contributed by atoms with Gasteiger partial charge in [0.05, 0.1) is 8.59 Å². The first-order chi connectivity index (χ1) is 5.90. The van der Waals surface area contributed by atoms with Crippen LogP contribution in [0.25, 0.3) is 0 Å². The van der Waals surface area contributed by atoms with E-state index in [4.69, 9.17) is 0 Å². The van der Waals surface area contributed by atoms with E-state index in [2.05, 4.69) is 54.4 Å². The Labute approximate surface area is 90.4 Å². The van der Waals surface area contributed by atoms with Crippen molar-refractivity contribution in [3.63, 3.8) is 0 Å². The highest BCUT2D eigenvalue weighted by atomic mass is 28.3. The molecule has 6 heteroatoms. The molecule has 78 valence electrons. The van der Waals surface area contributed by atoms with Gasteiger partial charge in [0.1, 0.15) is 27.2 Å². The molecule has 0 unspecified atom stereocenters. The van der Waals surface area contributed by atoms with Gasteiger partial charge in [0.2, 0.25) is 0 Å². The van der Waals surface area contributed by atoms with Gasteiger partial charge in [0, 0.05) is 0 Å². The third-order valence-corrected chi connectivity index (χ3v) is 8.92. The SMILES string of the molecule is C[SiH2]N=[Si](C)C.C[Si](C)=N[SiH](C)C. The summed E-state index contributed by atoms with van der Waals surface area (Å²) in [6, 6.07) is 0. The molecule has 0 rings (SSSR count). The molecule has 0 N–H and O–H groups in total. The van der Waals surface area contributed by atoms with Crippen LogP contribution in [0, 0.1) is 0 Å². The molecule has 13 heavy (non-hydrogen) atoms. The molecule has 0 fully saturated rings. The van der Waals surface area contributed by atoms with Crippen LogP contribution in [0.15, 0.2) is 8.60 Å². The average Bonchev–Trinajstić information content (AvgIpc) is 1.83. The first-order valence-electron chi connectivity index (χ1n) is 4.88. The third kappa shape index (κ3) is 24.5. The Morgan fingerprint density at radius 2 is 1.46 bits per heavy atom. The molecule has 0 aromatic heterocycles. The van der Waals surface area contributed by atoms with Crippen molar-refractivity contribution < 1.29 is 0 Å². The second-order valence-corrected chi connectivity index (χ2v) is 12.5. The molecule has 0 atom stereocenters. The van der Waals surface area contributed by atoms with E-state index in [0.29, 0.717) is 0 Å². The summed E-state index contributed by atoms with van der Waals surface area (Å²) in [5, 5.41) is 0. The summed E-state index contributed by atoms with van der Waals surface area (Å²) in [5.41, 5.74) is 0. The lowest BCUT2D eigenvalue weighted by atomic mass is 11.9. The fraction of sp³-hybridized carbons (Fsp3) is 1.00. The van der Waals surface area contributed by atoms with Crippen LogP contribution < -0.4 is 0 Å². The van der Waals surface area contributed by atoms with Gasteiger partial charge in [-0.25, -0.2) is 0 Å². The van der Waals surface area contributed by atoms with Gasteiger partial charge < -0.3 is 8.60 Å². The zero-order chi connectivity index (χ0) is 10.9. The smallest absolute Gasteiger partial charge is 0.145 e. The molecular weight excluding hydrogens is 224 g/mol. The summed E-state index contributed by atoms with van der Waals surface area (Å²) in [6.45, 7) is 15.7. The monoisotopic (exact) mass is 248 g/mol. The predicted molar refractivity (Wildman–Crippen MR) is 73.1 cm³/mol. The molecule has 0 saturated heterocycles. The molecule has 0 bridgehead atoms. The van der Waals surface area contributed by atoms with Gasteiger partial charge in [0.25, 0.3) is 0 Å². The van der Waals surface area contributed by atoms with E-state index in [0.717, 1.165) is 0 Å². The van der Waals surface area contributed by atoms with Crippen molar-refractivity contribution in [2.75, 3.05) is 0 Å². The second kappa shape index (κ2) is 10.5. The topological polar surface area (TPSA) is 24.7 Å². The van der Waals surface area contributed by atoms with Gasteiger partial charge in [-0.2, -0.15) is 0 Å². The molecule has 0 aromatic carbocycles. The van der Waals surface area contributed by atoms with Crippen LogP contribution in [-0.4, -0.2) is 35.8 Å². The maximum Gasteiger partial charge on any atom is 0.145 e. The zero-order valence-electron chi connectivity index (χ0n) is 10.2. The summed E-state index contributed by atoms with van der Waals surface area (Å²) in [5.74, 6) is 0. The maximum atomic E-state index is 4.52. The summed E-state index contributed by atoms with van der Waals surface area (Å²) >= 11 is 0. The van der Waals surface area contributed by atoms with E-state index >= 15 is 0 Å². The highest BCUT2D eigenvalue weighted by Gasteiger charge is 1.86. The van der Waals surface area contributed by atoms with Crippen LogP contribution in [0.5, 0.6) is 0 Å². The van der Waals surface area contributed by atoms with Gasteiger partial charge in [-0.15, -0.1) is 0 Å². The molecule has 0 heterocycles. The Hall–Kier alpha value is 0.468. The molecule has 0 radical (unpaired) electrons. The molecule has 0 amide bonds. The van der Waals surface area contributed by atoms with Gasteiger partial charge >= 0.3 is 0 Å². The maximum absolute atomic E-state index is 4.52. The van der Waals surface area contributed by atoms with Gasteiger partial charge in [-0.05, 0) is 26.2 Å². The Morgan fingerprint density at radius 3 is 1.46 bits per heavy atom. The number of hydrogen-bond donors (Lipinski definition) is 0. The van der Waals surface area contributed by atoms with Gasteiger partial charge in [0.15, 0.2) is 0 Å². The summed E-state index contributed by atoms with van der Waals surface area (Å²) < 4.78 is 8.88. The quantitative estimate of drug-likeness (QED) is 0.669. The molecular formula is C7H24N2Si4. The molecule has 2 nitrogen and oxygen atoms in total. The number of rotatable bonds is 2. The highest BCUT2D eigenvalue weighted by molar-refractivity contribution is 6.62. The predicted octanol–water partition coefficient (Wildman–Crippen LogP) is 2.13. The van der Waals surface area contributed by atoms with E-state index < -0.39 is 8.96 Å².